The van der Waals surface area contributed by atoms with E-state index < -0.39 is 10.0 Å². The zero-order chi connectivity index (χ0) is 17.6. The lowest BCUT2D eigenvalue weighted by Crippen LogP contribution is -2.40. The van der Waals surface area contributed by atoms with E-state index >= 15 is 0 Å². The molecule has 0 amide bonds. The second kappa shape index (κ2) is 6.12. The third-order valence-corrected chi connectivity index (χ3v) is 8.09. The van der Waals surface area contributed by atoms with Crippen LogP contribution in [-0.2, 0) is 10.0 Å². The molecule has 8 heteroatoms. The molecule has 0 saturated carbocycles. The van der Waals surface area contributed by atoms with Crippen LogP contribution >= 0.6 is 11.3 Å². The Morgan fingerprint density at radius 1 is 1.12 bits per heavy atom. The number of H-pyrrole nitrogens is 1. The van der Waals surface area contributed by atoms with E-state index in [4.69, 9.17) is 0 Å². The Kier molecular flexibility index (Phi) is 4.05. The summed E-state index contributed by atoms with van der Waals surface area (Å²) in [6.45, 7) is 2.76. The number of aromatic nitrogens is 2. The molecule has 1 saturated heterocycles. The maximum Gasteiger partial charge on any atom is 0.326 e. The van der Waals surface area contributed by atoms with Crippen LogP contribution in [0.2, 0.25) is 0 Å². The highest BCUT2D eigenvalue weighted by atomic mass is 32.2. The molecular formula is C17H19N3O3S2. The molecule has 132 valence electrons. The van der Waals surface area contributed by atoms with Gasteiger partial charge in [0.1, 0.15) is 4.21 Å². The summed E-state index contributed by atoms with van der Waals surface area (Å²) in [4.78, 5) is 16.2. The Balaban J connectivity index is 1.57. The van der Waals surface area contributed by atoms with Gasteiger partial charge in [0.05, 0.1) is 11.0 Å². The highest BCUT2D eigenvalue weighted by molar-refractivity contribution is 7.91. The summed E-state index contributed by atoms with van der Waals surface area (Å²) in [7, 11) is -3.43. The largest absolute Gasteiger partial charge is 0.326 e. The van der Waals surface area contributed by atoms with E-state index in [1.165, 1.54) is 15.6 Å². The van der Waals surface area contributed by atoms with Crippen LogP contribution in [0.3, 0.4) is 0 Å². The minimum Gasteiger partial charge on any atom is -0.306 e. The highest BCUT2D eigenvalue weighted by Crippen LogP contribution is 2.30. The molecule has 3 aromatic rings. The molecule has 0 unspecified atom stereocenters. The van der Waals surface area contributed by atoms with Gasteiger partial charge >= 0.3 is 5.69 Å². The van der Waals surface area contributed by atoms with Crippen LogP contribution in [0.15, 0.2) is 45.4 Å². The first-order valence-electron chi connectivity index (χ1n) is 8.22. The summed E-state index contributed by atoms with van der Waals surface area (Å²) in [5.74, 6) is 0. The Labute approximate surface area is 149 Å². The van der Waals surface area contributed by atoms with Gasteiger partial charge < -0.3 is 4.98 Å². The van der Waals surface area contributed by atoms with Crippen LogP contribution in [0.1, 0.15) is 23.8 Å². The van der Waals surface area contributed by atoms with Crippen molar-refractivity contribution in [3.63, 3.8) is 0 Å². The molecule has 4 rings (SSSR count). The second-order valence-corrected chi connectivity index (χ2v) is 9.77. The van der Waals surface area contributed by atoms with Crippen molar-refractivity contribution in [2.45, 2.75) is 30.0 Å². The van der Waals surface area contributed by atoms with Crippen LogP contribution in [0.25, 0.3) is 11.0 Å². The number of piperidine rings is 1. The number of thiophene rings is 1. The van der Waals surface area contributed by atoms with Gasteiger partial charge in [-0.25, -0.2) is 13.2 Å². The Morgan fingerprint density at radius 2 is 1.84 bits per heavy atom. The molecule has 0 aliphatic carbocycles. The lowest BCUT2D eigenvalue weighted by Gasteiger charge is -2.31. The van der Waals surface area contributed by atoms with Crippen LogP contribution in [0, 0.1) is 6.92 Å². The van der Waals surface area contributed by atoms with Crippen molar-refractivity contribution < 1.29 is 8.42 Å². The summed E-state index contributed by atoms with van der Waals surface area (Å²) < 4.78 is 29.2. The number of rotatable bonds is 3. The van der Waals surface area contributed by atoms with Gasteiger partial charge in [-0.3, -0.25) is 4.57 Å². The number of imidazole rings is 1. The van der Waals surface area contributed by atoms with Crippen molar-refractivity contribution >= 4 is 32.4 Å². The molecule has 1 aliphatic heterocycles. The summed E-state index contributed by atoms with van der Waals surface area (Å²) in [6.07, 6.45) is 1.26. The number of hydrogen-bond donors (Lipinski definition) is 1. The van der Waals surface area contributed by atoms with E-state index in [1.54, 1.807) is 10.6 Å². The average molecular weight is 377 g/mol. The molecule has 3 heterocycles. The molecule has 1 aromatic carbocycles. The molecule has 2 aromatic heterocycles. The molecule has 0 spiro atoms. The lowest BCUT2D eigenvalue weighted by atomic mass is 10.1. The van der Waals surface area contributed by atoms with Gasteiger partial charge in [0.2, 0.25) is 0 Å². The first kappa shape index (κ1) is 16.6. The van der Waals surface area contributed by atoms with Gasteiger partial charge in [-0.15, -0.1) is 11.3 Å². The van der Waals surface area contributed by atoms with E-state index in [2.05, 4.69) is 4.98 Å². The molecule has 1 aliphatic rings. The molecule has 1 fully saturated rings. The van der Waals surface area contributed by atoms with Gasteiger partial charge in [0.25, 0.3) is 10.0 Å². The zero-order valence-corrected chi connectivity index (χ0v) is 15.4. The van der Waals surface area contributed by atoms with E-state index in [0.29, 0.717) is 30.1 Å². The second-order valence-electron chi connectivity index (χ2n) is 6.32. The number of hydrogen-bond acceptors (Lipinski definition) is 4. The topological polar surface area (TPSA) is 75.2 Å². The van der Waals surface area contributed by atoms with E-state index in [-0.39, 0.29) is 11.7 Å². The van der Waals surface area contributed by atoms with Crippen LogP contribution in [-0.4, -0.2) is 35.4 Å². The fraction of sp³-hybridized carbons (Fsp3) is 0.353. The van der Waals surface area contributed by atoms with Crippen molar-refractivity contribution in [3.8, 4) is 0 Å². The van der Waals surface area contributed by atoms with E-state index in [9.17, 15) is 13.2 Å². The summed E-state index contributed by atoms with van der Waals surface area (Å²) in [5, 5.41) is 0. The number of para-hydroxylation sites is 2. The summed E-state index contributed by atoms with van der Waals surface area (Å²) in [5.41, 5.74) is 1.57. The molecule has 0 atom stereocenters. The monoisotopic (exact) mass is 377 g/mol. The molecule has 0 bridgehead atoms. The van der Waals surface area contributed by atoms with Gasteiger partial charge in [-0.2, -0.15) is 4.31 Å². The smallest absolute Gasteiger partial charge is 0.306 e. The van der Waals surface area contributed by atoms with Crippen LogP contribution < -0.4 is 5.69 Å². The van der Waals surface area contributed by atoms with Crippen molar-refractivity contribution in [2.24, 2.45) is 0 Å². The first-order chi connectivity index (χ1) is 12.0. The van der Waals surface area contributed by atoms with Gasteiger partial charge in [0, 0.05) is 24.0 Å². The normalized spacial score (nSPS) is 17.3. The number of aryl methyl sites for hydroxylation is 1. The van der Waals surface area contributed by atoms with E-state index in [1.807, 2.05) is 37.3 Å². The van der Waals surface area contributed by atoms with Gasteiger partial charge in [0.15, 0.2) is 0 Å². The zero-order valence-electron chi connectivity index (χ0n) is 13.8. The standard InChI is InChI=1S/C17H19N3O3S2/c1-12-6-7-16(24-12)25(22,23)19-10-8-13(9-11-19)20-15-5-3-2-4-14(15)18-17(20)21/h2-7,13H,8-11H2,1H3,(H,18,21). The van der Waals surface area contributed by atoms with Crippen LogP contribution in [0.5, 0.6) is 0 Å². The highest BCUT2D eigenvalue weighted by Gasteiger charge is 2.31. The number of aromatic amines is 1. The number of benzene rings is 1. The molecule has 25 heavy (non-hydrogen) atoms. The lowest BCUT2D eigenvalue weighted by molar-refractivity contribution is 0.274. The minimum absolute atomic E-state index is 0.0140. The van der Waals surface area contributed by atoms with Crippen molar-refractivity contribution in [3.05, 3.63) is 51.8 Å². The fourth-order valence-corrected chi connectivity index (χ4v) is 6.36. The van der Waals surface area contributed by atoms with Crippen LogP contribution in [0.4, 0.5) is 0 Å². The Morgan fingerprint density at radius 3 is 2.52 bits per heavy atom. The predicted octanol–water partition coefficient (Wildman–Crippen LogP) is 2.73. The molecular weight excluding hydrogens is 358 g/mol. The Hall–Kier alpha value is -1.90. The molecule has 1 N–H and O–H groups in total. The maximum absolute atomic E-state index is 12.7. The third-order valence-electron chi connectivity index (χ3n) is 4.72. The van der Waals surface area contributed by atoms with Gasteiger partial charge in [-0.05, 0) is 44.0 Å². The third kappa shape index (κ3) is 2.84. The van der Waals surface area contributed by atoms with Crippen molar-refractivity contribution in [1.29, 1.82) is 0 Å². The maximum atomic E-state index is 12.7. The SMILES string of the molecule is Cc1ccc(S(=O)(=O)N2CCC(n3c(=O)[nH]c4ccccc43)CC2)s1. The van der Waals surface area contributed by atoms with Crippen molar-refractivity contribution in [2.75, 3.05) is 13.1 Å². The quantitative estimate of drug-likeness (QED) is 0.763. The summed E-state index contributed by atoms with van der Waals surface area (Å²) >= 11 is 1.30. The average Bonchev–Trinajstić information content (AvgIpc) is 3.18. The molecule has 0 radical (unpaired) electrons. The van der Waals surface area contributed by atoms with Crippen molar-refractivity contribution in [1.82, 2.24) is 13.9 Å². The Bertz CT molecular complexity index is 1070. The predicted molar refractivity (Wildman–Crippen MR) is 98.6 cm³/mol. The first-order valence-corrected chi connectivity index (χ1v) is 10.5. The number of nitrogens with zero attached hydrogens (tertiary/aromatic N) is 2. The minimum atomic E-state index is -3.43. The fourth-order valence-electron chi connectivity index (χ4n) is 3.46. The molecule has 6 nitrogen and oxygen atoms in total. The summed E-state index contributed by atoms with van der Waals surface area (Å²) in [6, 6.07) is 11.1. The van der Waals surface area contributed by atoms with E-state index in [0.717, 1.165) is 15.9 Å². The van der Waals surface area contributed by atoms with Gasteiger partial charge in [-0.1, -0.05) is 12.1 Å². The number of nitrogens with one attached hydrogen (secondary N) is 1. The number of sulfonamides is 1. The number of fused-ring (bicyclic) bond motifs is 1.